The normalized spacial score (nSPS) is 11.0. The topological polar surface area (TPSA) is 50.7 Å². The van der Waals surface area contributed by atoms with E-state index in [9.17, 15) is 0 Å². The maximum Gasteiger partial charge on any atom is 0.233 e. The lowest BCUT2D eigenvalue weighted by molar-refractivity contribution is 0.239. The molecule has 0 aromatic carbocycles. The lowest BCUT2D eigenvalue weighted by Gasteiger charge is -2.11. The van der Waals surface area contributed by atoms with Crippen LogP contribution in [0.4, 0.5) is 0 Å². The summed E-state index contributed by atoms with van der Waals surface area (Å²) in [7, 11) is 7.99. The van der Waals surface area contributed by atoms with Crippen LogP contribution in [0.2, 0.25) is 0 Å². The zero-order valence-electron chi connectivity index (χ0n) is 11.6. The van der Waals surface area contributed by atoms with E-state index in [1.54, 1.807) is 12.1 Å². The maximum atomic E-state index is 5.44. The SMILES string of the molecule is CN(C)CCOc1ccc(OCCN(C)C)nn1. The van der Waals surface area contributed by atoms with Crippen LogP contribution in [0.1, 0.15) is 0 Å². The first-order valence-electron chi connectivity index (χ1n) is 5.96. The van der Waals surface area contributed by atoms with Crippen LogP contribution < -0.4 is 9.47 Å². The summed E-state index contributed by atoms with van der Waals surface area (Å²) in [5.41, 5.74) is 0. The summed E-state index contributed by atoms with van der Waals surface area (Å²) in [5.74, 6) is 1.05. The molecule has 0 bridgehead atoms. The van der Waals surface area contributed by atoms with Gasteiger partial charge in [0.25, 0.3) is 0 Å². The highest BCUT2D eigenvalue weighted by molar-refractivity contribution is 5.15. The molecule has 0 radical (unpaired) electrons. The predicted octanol–water partition coefficient (Wildman–Crippen LogP) is 0.357. The summed E-state index contributed by atoms with van der Waals surface area (Å²) >= 11 is 0. The van der Waals surface area contributed by atoms with Crippen molar-refractivity contribution in [3.05, 3.63) is 12.1 Å². The van der Waals surface area contributed by atoms with Crippen LogP contribution >= 0.6 is 0 Å². The molecule has 18 heavy (non-hydrogen) atoms. The molecule has 1 rings (SSSR count). The van der Waals surface area contributed by atoms with Crippen LogP contribution in [-0.4, -0.2) is 74.5 Å². The first-order valence-corrected chi connectivity index (χ1v) is 5.96. The largest absolute Gasteiger partial charge is 0.475 e. The number of likely N-dealkylation sites (N-methyl/N-ethyl adjacent to an activating group) is 2. The number of ether oxygens (including phenoxy) is 2. The molecule has 0 aliphatic carbocycles. The highest BCUT2D eigenvalue weighted by atomic mass is 16.5. The van der Waals surface area contributed by atoms with Gasteiger partial charge in [-0.05, 0) is 28.2 Å². The summed E-state index contributed by atoms with van der Waals surface area (Å²) in [6.07, 6.45) is 0. The number of aromatic nitrogens is 2. The summed E-state index contributed by atoms with van der Waals surface area (Å²) in [6.45, 7) is 2.90. The van der Waals surface area contributed by atoms with E-state index in [0.717, 1.165) is 13.1 Å². The molecule has 102 valence electrons. The Balaban J connectivity index is 2.28. The molecule has 0 atom stereocenters. The van der Waals surface area contributed by atoms with Crippen LogP contribution in [-0.2, 0) is 0 Å². The van der Waals surface area contributed by atoms with Gasteiger partial charge in [-0.15, -0.1) is 10.2 Å². The molecule has 1 aromatic heterocycles. The zero-order chi connectivity index (χ0) is 13.4. The molecule has 0 aliphatic heterocycles. The van der Waals surface area contributed by atoms with E-state index in [0.29, 0.717) is 25.0 Å². The molecule has 0 saturated heterocycles. The first-order chi connectivity index (χ1) is 8.58. The molecule has 1 aromatic rings. The van der Waals surface area contributed by atoms with Gasteiger partial charge in [-0.2, -0.15) is 0 Å². The molecule has 1 heterocycles. The third-order valence-corrected chi connectivity index (χ3v) is 2.19. The van der Waals surface area contributed by atoms with Crippen LogP contribution in [0.5, 0.6) is 11.8 Å². The highest BCUT2D eigenvalue weighted by Crippen LogP contribution is 2.09. The van der Waals surface area contributed by atoms with E-state index in [-0.39, 0.29) is 0 Å². The molecule has 0 spiro atoms. The van der Waals surface area contributed by atoms with E-state index in [2.05, 4.69) is 10.2 Å². The minimum Gasteiger partial charge on any atom is -0.475 e. The number of hydrogen-bond donors (Lipinski definition) is 0. The summed E-state index contributed by atoms with van der Waals surface area (Å²) in [4.78, 5) is 4.10. The smallest absolute Gasteiger partial charge is 0.233 e. The number of rotatable bonds is 8. The van der Waals surface area contributed by atoms with Gasteiger partial charge in [-0.25, -0.2) is 0 Å². The van der Waals surface area contributed by atoms with E-state index < -0.39 is 0 Å². The standard InChI is InChI=1S/C12H22N4O2/c1-15(2)7-9-17-11-5-6-12(14-13-11)18-10-8-16(3)4/h5-6H,7-10H2,1-4H3. The van der Waals surface area contributed by atoms with E-state index >= 15 is 0 Å². The third-order valence-electron chi connectivity index (χ3n) is 2.19. The fourth-order valence-corrected chi connectivity index (χ4v) is 1.13. The van der Waals surface area contributed by atoms with Crippen LogP contribution in [0.25, 0.3) is 0 Å². The maximum absolute atomic E-state index is 5.44. The van der Waals surface area contributed by atoms with E-state index in [1.165, 1.54) is 0 Å². The molecule has 0 N–H and O–H groups in total. The fraction of sp³-hybridized carbons (Fsp3) is 0.667. The third kappa shape index (κ3) is 6.36. The van der Waals surface area contributed by atoms with Crippen LogP contribution in [0.3, 0.4) is 0 Å². The van der Waals surface area contributed by atoms with Gasteiger partial charge in [0.1, 0.15) is 13.2 Å². The second kappa shape index (κ2) is 7.84. The van der Waals surface area contributed by atoms with Crippen molar-refractivity contribution in [3.63, 3.8) is 0 Å². The Morgan fingerprint density at radius 1 is 0.833 bits per heavy atom. The van der Waals surface area contributed by atoms with Gasteiger partial charge in [-0.3, -0.25) is 0 Å². The van der Waals surface area contributed by atoms with Gasteiger partial charge in [-0.1, -0.05) is 0 Å². The van der Waals surface area contributed by atoms with Gasteiger partial charge in [0.15, 0.2) is 0 Å². The van der Waals surface area contributed by atoms with E-state index in [4.69, 9.17) is 9.47 Å². The van der Waals surface area contributed by atoms with Crippen LogP contribution in [0.15, 0.2) is 12.1 Å². The molecule has 6 heteroatoms. The Bertz CT molecular complexity index is 294. The molecule has 0 unspecified atom stereocenters. The van der Waals surface area contributed by atoms with Crippen LogP contribution in [0, 0.1) is 0 Å². The summed E-state index contributed by atoms with van der Waals surface area (Å²) < 4.78 is 10.9. The quantitative estimate of drug-likeness (QED) is 0.667. The molecular formula is C12H22N4O2. The summed E-state index contributed by atoms with van der Waals surface area (Å²) in [6, 6.07) is 3.54. The van der Waals surface area contributed by atoms with Gasteiger partial charge in [0.05, 0.1) is 0 Å². The van der Waals surface area contributed by atoms with Crippen molar-refractivity contribution in [3.8, 4) is 11.8 Å². The fourth-order valence-electron chi connectivity index (χ4n) is 1.13. The second-order valence-electron chi connectivity index (χ2n) is 4.51. The Kier molecular flexibility index (Phi) is 6.38. The molecule has 6 nitrogen and oxygen atoms in total. The van der Waals surface area contributed by atoms with Gasteiger partial charge in [0, 0.05) is 25.2 Å². The summed E-state index contributed by atoms with van der Waals surface area (Å²) in [5, 5.41) is 7.89. The van der Waals surface area contributed by atoms with Gasteiger partial charge in [0.2, 0.25) is 11.8 Å². The Morgan fingerprint density at radius 2 is 1.22 bits per heavy atom. The molecule has 0 saturated carbocycles. The van der Waals surface area contributed by atoms with E-state index in [1.807, 2.05) is 38.0 Å². The minimum atomic E-state index is 0.525. The van der Waals surface area contributed by atoms with Crippen molar-refractivity contribution < 1.29 is 9.47 Å². The second-order valence-corrected chi connectivity index (χ2v) is 4.51. The van der Waals surface area contributed by atoms with Crippen molar-refractivity contribution in [2.75, 3.05) is 54.5 Å². The molecule has 0 fully saturated rings. The van der Waals surface area contributed by atoms with Crippen molar-refractivity contribution in [1.82, 2.24) is 20.0 Å². The van der Waals surface area contributed by atoms with Crippen molar-refractivity contribution in [2.45, 2.75) is 0 Å². The van der Waals surface area contributed by atoms with Crippen molar-refractivity contribution >= 4 is 0 Å². The van der Waals surface area contributed by atoms with Crippen molar-refractivity contribution in [1.29, 1.82) is 0 Å². The van der Waals surface area contributed by atoms with Gasteiger partial charge >= 0.3 is 0 Å². The lowest BCUT2D eigenvalue weighted by atomic mass is 10.5. The minimum absolute atomic E-state index is 0.525. The lowest BCUT2D eigenvalue weighted by Crippen LogP contribution is -2.20. The average Bonchev–Trinajstić information content (AvgIpc) is 2.30. The first kappa shape index (κ1) is 14.7. The molecule has 0 aliphatic rings. The number of hydrogen-bond acceptors (Lipinski definition) is 6. The molecular weight excluding hydrogens is 232 g/mol. The zero-order valence-corrected chi connectivity index (χ0v) is 11.6. The Morgan fingerprint density at radius 3 is 1.50 bits per heavy atom. The van der Waals surface area contributed by atoms with Crippen molar-refractivity contribution in [2.24, 2.45) is 0 Å². The van der Waals surface area contributed by atoms with Gasteiger partial charge < -0.3 is 19.3 Å². The number of nitrogens with zero attached hydrogens (tertiary/aromatic N) is 4. The molecule has 0 amide bonds. The Labute approximate surface area is 109 Å². The highest BCUT2D eigenvalue weighted by Gasteiger charge is 2.00. The Hall–Kier alpha value is -1.40. The average molecular weight is 254 g/mol. The predicted molar refractivity (Wildman–Crippen MR) is 70.1 cm³/mol. The monoisotopic (exact) mass is 254 g/mol.